The standard InChI is InChI=1S/C31H31N3O/c1-31(2)29(24-10-6-4-7-11-24)33-34(30(31)25-12-8-5-9-13-25)27-18-14-23(15-19-27)22-32-26-16-20-28(35-3)21-17-26/h4-21,30,32H,22H2,1-3H3/t30-/m0/s1. The number of hydrogen-bond acceptors (Lipinski definition) is 4. The van der Waals surface area contributed by atoms with Gasteiger partial charge in [-0.25, -0.2) is 0 Å². The second-order valence-corrected chi connectivity index (χ2v) is 9.44. The molecule has 1 aliphatic rings. The van der Waals surface area contributed by atoms with Crippen LogP contribution in [0.3, 0.4) is 0 Å². The molecular formula is C31H31N3O. The van der Waals surface area contributed by atoms with Crippen LogP contribution in [0.2, 0.25) is 0 Å². The molecule has 4 nitrogen and oxygen atoms in total. The van der Waals surface area contributed by atoms with Crippen LogP contribution in [0.5, 0.6) is 5.75 Å². The number of hydrogen-bond donors (Lipinski definition) is 1. The van der Waals surface area contributed by atoms with E-state index in [1.54, 1.807) is 7.11 Å². The third-order valence-electron chi connectivity index (χ3n) is 6.70. The van der Waals surface area contributed by atoms with E-state index in [-0.39, 0.29) is 11.5 Å². The van der Waals surface area contributed by atoms with Crippen molar-refractivity contribution in [2.75, 3.05) is 17.4 Å². The highest BCUT2D eigenvalue weighted by Crippen LogP contribution is 2.48. The Labute approximate surface area is 207 Å². The number of hydrazone groups is 1. The lowest BCUT2D eigenvalue weighted by atomic mass is 9.75. The van der Waals surface area contributed by atoms with Gasteiger partial charge in [-0.1, -0.05) is 86.6 Å². The lowest BCUT2D eigenvalue weighted by Gasteiger charge is -2.33. The Balaban J connectivity index is 1.42. The van der Waals surface area contributed by atoms with E-state index in [0.29, 0.717) is 0 Å². The summed E-state index contributed by atoms with van der Waals surface area (Å²) >= 11 is 0. The Bertz CT molecular complexity index is 1280. The quantitative estimate of drug-likeness (QED) is 0.314. The molecule has 0 amide bonds. The fourth-order valence-corrected chi connectivity index (χ4v) is 4.83. The van der Waals surface area contributed by atoms with Crippen LogP contribution < -0.4 is 15.1 Å². The minimum Gasteiger partial charge on any atom is -0.497 e. The van der Waals surface area contributed by atoms with Crippen LogP contribution in [0.4, 0.5) is 11.4 Å². The average Bonchev–Trinajstić information content (AvgIpc) is 3.19. The molecular weight excluding hydrogens is 430 g/mol. The fraction of sp³-hybridized carbons (Fsp3) is 0.194. The monoisotopic (exact) mass is 461 g/mol. The van der Waals surface area contributed by atoms with Crippen molar-refractivity contribution >= 4 is 17.1 Å². The zero-order valence-electron chi connectivity index (χ0n) is 20.5. The number of anilines is 2. The molecule has 4 aromatic carbocycles. The number of benzene rings is 4. The summed E-state index contributed by atoms with van der Waals surface area (Å²) in [7, 11) is 1.68. The van der Waals surface area contributed by atoms with E-state index in [4.69, 9.17) is 9.84 Å². The molecule has 176 valence electrons. The van der Waals surface area contributed by atoms with Gasteiger partial charge in [-0.15, -0.1) is 0 Å². The molecule has 0 saturated heterocycles. The molecule has 4 heteroatoms. The zero-order valence-corrected chi connectivity index (χ0v) is 20.5. The number of nitrogens with one attached hydrogen (secondary N) is 1. The minimum absolute atomic E-state index is 0.0992. The van der Waals surface area contributed by atoms with Crippen molar-refractivity contribution in [2.45, 2.75) is 26.4 Å². The van der Waals surface area contributed by atoms with E-state index in [9.17, 15) is 0 Å². The largest absolute Gasteiger partial charge is 0.497 e. The second-order valence-electron chi connectivity index (χ2n) is 9.44. The van der Waals surface area contributed by atoms with E-state index >= 15 is 0 Å². The first kappa shape index (κ1) is 22.7. The first-order valence-electron chi connectivity index (χ1n) is 12.0. The van der Waals surface area contributed by atoms with Crippen molar-refractivity contribution in [3.8, 4) is 5.75 Å². The van der Waals surface area contributed by atoms with Crippen molar-refractivity contribution in [3.63, 3.8) is 0 Å². The molecule has 5 rings (SSSR count). The van der Waals surface area contributed by atoms with Gasteiger partial charge in [-0.05, 0) is 53.1 Å². The van der Waals surface area contributed by atoms with Gasteiger partial charge in [0.05, 0.1) is 24.6 Å². The van der Waals surface area contributed by atoms with Crippen molar-refractivity contribution in [1.82, 2.24) is 0 Å². The molecule has 0 bridgehead atoms. The first-order valence-corrected chi connectivity index (χ1v) is 12.0. The van der Waals surface area contributed by atoms with Gasteiger partial charge in [0.2, 0.25) is 0 Å². The Morgan fingerprint density at radius 3 is 2.06 bits per heavy atom. The Kier molecular flexibility index (Phi) is 6.28. The number of methoxy groups -OCH3 is 1. The number of nitrogens with zero attached hydrogens (tertiary/aromatic N) is 2. The number of rotatable bonds is 7. The summed E-state index contributed by atoms with van der Waals surface area (Å²) in [6.07, 6.45) is 0. The normalized spacial score (nSPS) is 16.6. The van der Waals surface area contributed by atoms with Crippen molar-refractivity contribution < 1.29 is 4.74 Å². The van der Waals surface area contributed by atoms with Crippen LogP contribution in [0.15, 0.2) is 114 Å². The summed E-state index contributed by atoms with van der Waals surface area (Å²) in [6, 6.07) is 38.0. The average molecular weight is 462 g/mol. The van der Waals surface area contributed by atoms with Crippen molar-refractivity contribution in [1.29, 1.82) is 0 Å². The summed E-state index contributed by atoms with van der Waals surface area (Å²) < 4.78 is 5.24. The fourth-order valence-electron chi connectivity index (χ4n) is 4.83. The lowest BCUT2D eigenvalue weighted by Crippen LogP contribution is -2.32. The van der Waals surface area contributed by atoms with Gasteiger partial charge in [-0.2, -0.15) is 5.10 Å². The maximum absolute atomic E-state index is 5.24. The van der Waals surface area contributed by atoms with E-state index in [0.717, 1.165) is 29.4 Å². The van der Waals surface area contributed by atoms with E-state index in [1.807, 2.05) is 24.3 Å². The van der Waals surface area contributed by atoms with Crippen molar-refractivity contribution in [3.05, 3.63) is 126 Å². The smallest absolute Gasteiger partial charge is 0.119 e. The van der Waals surface area contributed by atoms with E-state index in [2.05, 4.69) is 109 Å². The predicted octanol–water partition coefficient (Wildman–Crippen LogP) is 7.30. The van der Waals surface area contributed by atoms with Crippen LogP contribution in [0, 0.1) is 5.41 Å². The third-order valence-corrected chi connectivity index (χ3v) is 6.70. The molecule has 0 aromatic heterocycles. The number of ether oxygens (including phenoxy) is 1. The molecule has 0 spiro atoms. The van der Waals surface area contributed by atoms with Crippen LogP contribution in [0.25, 0.3) is 0 Å². The van der Waals surface area contributed by atoms with E-state index < -0.39 is 0 Å². The molecule has 1 heterocycles. The second kappa shape index (κ2) is 9.67. The molecule has 4 aromatic rings. The molecule has 35 heavy (non-hydrogen) atoms. The Morgan fingerprint density at radius 2 is 1.43 bits per heavy atom. The first-order chi connectivity index (χ1) is 17.1. The maximum Gasteiger partial charge on any atom is 0.119 e. The molecule has 0 fully saturated rings. The van der Waals surface area contributed by atoms with Gasteiger partial charge in [0.25, 0.3) is 0 Å². The topological polar surface area (TPSA) is 36.9 Å². The summed E-state index contributed by atoms with van der Waals surface area (Å²) in [6.45, 7) is 5.34. The summed E-state index contributed by atoms with van der Waals surface area (Å²) in [5, 5.41) is 10.9. The zero-order chi connectivity index (χ0) is 24.3. The molecule has 0 saturated carbocycles. The Morgan fingerprint density at radius 1 is 0.800 bits per heavy atom. The molecule has 1 aliphatic heterocycles. The highest BCUT2D eigenvalue weighted by Gasteiger charge is 2.46. The lowest BCUT2D eigenvalue weighted by molar-refractivity contribution is 0.415. The minimum atomic E-state index is -0.169. The summed E-state index contributed by atoms with van der Waals surface area (Å²) in [5.74, 6) is 0.858. The van der Waals surface area contributed by atoms with Gasteiger partial charge in [0, 0.05) is 17.6 Å². The molecule has 1 atom stereocenters. The van der Waals surface area contributed by atoms with Gasteiger partial charge in [0.1, 0.15) is 5.75 Å². The molecule has 1 N–H and O–H groups in total. The van der Waals surface area contributed by atoms with Crippen LogP contribution in [-0.2, 0) is 6.54 Å². The summed E-state index contributed by atoms with van der Waals surface area (Å²) in [5.41, 5.74) is 6.74. The SMILES string of the molecule is COc1ccc(NCc2ccc(N3N=C(c4ccccc4)C(C)(C)[C@@H]3c3ccccc3)cc2)cc1. The highest BCUT2D eigenvalue weighted by atomic mass is 16.5. The summed E-state index contributed by atoms with van der Waals surface area (Å²) in [4.78, 5) is 0. The third kappa shape index (κ3) is 4.65. The van der Waals surface area contributed by atoms with Gasteiger partial charge in [0.15, 0.2) is 0 Å². The highest BCUT2D eigenvalue weighted by molar-refractivity contribution is 6.07. The predicted molar refractivity (Wildman–Crippen MR) is 145 cm³/mol. The Hall–Kier alpha value is -4.05. The van der Waals surface area contributed by atoms with Gasteiger partial charge in [-0.3, -0.25) is 5.01 Å². The van der Waals surface area contributed by atoms with Crippen molar-refractivity contribution in [2.24, 2.45) is 10.5 Å². The maximum atomic E-state index is 5.24. The molecule has 0 aliphatic carbocycles. The van der Waals surface area contributed by atoms with Crippen LogP contribution >= 0.6 is 0 Å². The van der Waals surface area contributed by atoms with Crippen LogP contribution in [0.1, 0.15) is 36.6 Å². The molecule has 0 unspecified atom stereocenters. The van der Waals surface area contributed by atoms with Crippen LogP contribution in [-0.4, -0.2) is 12.8 Å². The van der Waals surface area contributed by atoms with Gasteiger partial charge < -0.3 is 10.1 Å². The van der Waals surface area contributed by atoms with Gasteiger partial charge >= 0.3 is 0 Å². The van der Waals surface area contributed by atoms with E-state index in [1.165, 1.54) is 16.7 Å². The molecule has 0 radical (unpaired) electrons.